The number of anilines is 1. The highest BCUT2D eigenvalue weighted by molar-refractivity contribution is 7.80. The molecule has 5 N–H and O–H groups in total. The minimum absolute atomic E-state index is 0.00288. The number of amides is 1. The molecule has 0 atom stereocenters. The van der Waals surface area contributed by atoms with E-state index < -0.39 is 0 Å². The van der Waals surface area contributed by atoms with Crippen molar-refractivity contribution in [1.82, 2.24) is 5.43 Å². The van der Waals surface area contributed by atoms with Gasteiger partial charge in [-0.25, -0.2) is 0 Å². The molecule has 1 amide bonds. The van der Waals surface area contributed by atoms with Crippen molar-refractivity contribution in [2.24, 2.45) is 16.0 Å². The van der Waals surface area contributed by atoms with Crippen LogP contribution in [0.15, 0.2) is 34.5 Å². The molecule has 7 nitrogen and oxygen atoms in total. The lowest BCUT2D eigenvalue weighted by Crippen LogP contribution is -2.27. The Morgan fingerprint density at radius 1 is 1.30 bits per heavy atom. The second-order valence-electron chi connectivity index (χ2n) is 3.88. The highest BCUT2D eigenvalue weighted by Crippen LogP contribution is 2.11. The minimum atomic E-state index is -0.158. The number of nitrogens with zero attached hydrogens (tertiary/aromatic N) is 2. The van der Waals surface area contributed by atoms with Crippen molar-refractivity contribution < 1.29 is 10.0 Å². The number of carbonyl (C=O) groups is 1. The summed E-state index contributed by atoms with van der Waals surface area (Å²) >= 11 is 4.66. The van der Waals surface area contributed by atoms with Crippen molar-refractivity contribution >= 4 is 40.3 Å². The molecule has 1 aromatic rings. The highest BCUT2D eigenvalue weighted by atomic mass is 32.1. The Morgan fingerprint density at radius 2 is 1.90 bits per heavy atom. The fourth-order valence-electron chi connectivity index (χ4n) is 1.43. The van der Waals surface area contributed by atoms with Crippen LogP contribution in [0.3, 0.4) is 0 Å². The monoisotopic (exact) mass is 293 g/mol. The number of hydrogen-bond acceptors (Lipinski definition) is 5. The molecule has 0 aliphatic heterocycles. The van der Waals surface area contributed by atoms with Crippen LogP contribution in [-0.4, -0.2) is 27.7 Å². The molecule has 0 bridgehead atoms. The van der Waals surface area contributed by atoms with Crippen LogP contribution in [0.25, 0.3) is 0 Å². The Morgan fingerprint density at radius 3 is 2.35 bits per heavy atom. The van der Waals surface area contributed by atoms with Gasteiger partial charge >= 0.3 is 0 Å². The van der Waals surface area contributed by atoms with Gasteiger partial charge in [-0.15, -0.1) is 0 Å². The van der Waals surface area contributed by atoms with Crippen LogP contribution in [0.2, 0.25) is 0 Å². The topological polar surface area (TPSA) is 112 Å². The Kier molecular flexibility index (Phi) is 5.60. The molecule has 0 saturated heterocycles. The summed E-state index contributed by atoms with van der Waals surface area (Å²) in [4.78, 5) is 10.9. The van der Waals surface area contributed by atoms with E-state index in [0.29, 0.717) is 22.7 Å². The van der Waals surface area contributed by atoms with Crippen molar-refractivity contribution in [2.45, 2.75) is 13.8 Å². The molecule has 0 unspecified atom stereocenters. The number of rotatable bonds is 4. The number of oxime groups is 1. The molecule has 0 saturated carbocycles. The maximum Gasteiger partial charge on any atom is 0.221 e. The zero-order chi connectivity index (χ0) is 15.1. The quantitative estimate of drug-likeness (QED) is 0.287. The maximum absolute atomic E-state index is 10.9. The van der Waals surface area contributed by atoms with Crippen molar-refractivity contribution in [3.63, 3.8) is 0 Å². The summed E-state index contributed by atoms with van der Waals surface area (Å²) in [7, 11) is 0. The van der Waals surface area contributed by atoms with Crippen LogP contribution in [0.4, 0.5) is 5.69 Å². The molecule has 0 heterocycles. The SMILES string of the molecule is CC(=O)Nc1ccc(C(=NNC(N)=S)C(C)=NO)cc1. The van der Waals surface area contributed by atoms with Crippen molar-refractivity contribution in [1.29, 1.82) is 0 Å². The lowest BCUT2D eigenvalue weighted by molar-refractivity contribution is -0.114. The van der Waals surface area contributed by atoms with Gasteiger partial charge in [0.15, 0.2) is 5.11 Å². The van der Waals surface area contributed by atoms with E-state index in [1.165, 1.54) is 6.92 Å². The summed E-state index contributed by atoms with van der Waals surface area (Å²) < 4.78 is 0. The van der Waals surface area contributed by atoms with Crippen molar-refractivity contribution in [3.8, 4) is 0 Å². The van der Waals surface area contributed by atoms with Crippen LogP contribution in [0.1, 0.15) is 19.4 Å². The number of thiocarbonyl (C=S) groups is 1. The van der Waals surface area contributed by atoms with Crippen LogP contribution in [0.5, 0.6) is 0 Å². The third-order valence-electron chi connectivity index (χ3n) is 2.25. The van der Waals surface area contributed by atoms with E-state index >= 15 is 0 Å². The number of nitrogens with two attached hydrogens (primary N) is 1. The third kappa shape index (κ3) is 4.65. The van der Waals surface area contributed by atoms with Gasteiger partial charge in [0.25, 0.3) is 0 Å². The number of hydrogen-bond donors (Lipinski definition) is 4. The van der Waals surface area contributed by atoms with Gasteiger partial charge in [-0.1, -0.05) is 17.3 Å². The standard InChI is InChI=1S/C12H15N5O2S/c1-7(17-19)11(15-16-12(13)20)9-3-5-10(6-4-9)14-8(2)18/h3-6,19H,1-2H3,(H,14,18)(H3,13,16,20). The molecule has 1 rings (SSSR count). The van der Waals surface area contributed by atoms with Crippen LogP contribution >= 0.6 is 12.2 Å². The molecule has 0 aliphatic carbocycles. The summed E-state index contributed by atoms with van der Waals surface area (Å²) in [6.07, 6.45) is 0. The van der Waals surface area contributed by atoms with E-state index in [2.05, 4.69) is 33.2 Å². The smallest absolute Gasteiger partial charge is 0.221 e. The van der Waals surface area contributed by atoms with Gasteiger partial charge in [-0.3, -0.25) is 10.2 Å². The van der Waals surface area contributed by atoms with Crippen LogP contribution in [-0.2, 0) is 4.79 Å². The zero-order valence-electron chi connectivity index (χ0n) is 11.0. The molecule has 0 spiro atoms. The Bertz CT molecular complexity index is 566. The first-order chi connectivity index (χ1) is 9.43. The largest absolute Gasteiger partial charge is 0.411 e. The number of hydrazone groups is 1. The van der Waals surface area contributed by atoms with Gasteiger partial charge in [0.1, 0.15) is 11.4 Å². The summed E-state index contributed by atoms with van der Waals surface area (Å²) in [5.41, 5.74) is 9.75. The normalized spacial score (nSPS) is 11.9. The van der Waals surface area contributed by atoms with E-state index in [9.17, 15) is 4.79 Å². The predicted octanol–water partition coefficient (Wildman–Crippen LogP) is 1.03. The molecule has 8 heteroatoms. The van der Waals surface area contributed by atoms with Gasteiger partial charge in [0, 0.05) is 18.2 Å². The predicted molar refractivity (Wildman–Crippen MR) is 82.1 cm³/mol. The van der Waals surface area contributed by atoms with Gasteiger partial charge in [-0.2, -0.15) is 5.10 Å². The number of nitrogens with one attached hydrogen (secondary N) is 2. The zero-order valence-corrected chi connectivity index (χ0v) is 11.9. The first kappa shape index (κ1) is 15.6. The van der Waals surface area contributed by atoms with Crippen LogP contribution < -0.4 is 16.5 Å². The molecule has 20 heavy (non-hydrogen) atoms. The maximum atomic E-state index is 10.9. The van der Waals surface area contributed by atoms with Gasteiger partial charge in [0.2, 0.25) is 5.91 Å². The lowest BCUT2D eigenvalue weighted by Gasteiger charge is -2.07. The molecular weight excluding hydrogens is 278 g/mol. The van der Waals surface area contributed by atoms with Crippen molar-refractivity contribution in [2.75, 3.05) is 5.32 Å². The summed E-state index contributed by atoms with van der Waals surface area (Å²) in [5.74, 6) is -0.158. The molecule has 0 aromatic heterocycles. The third-order valence-corrected chi connectivity index (χ3v) is 2.34. The Hall–Kier alpha value is -2.48. The average Bonchev–Trinajstić information content (AvgIpc) is 2.39. The van der Waals surface area contributed by atoms with E-state index in [0.717, 1.165) is 0 Å². The van der Waals surface area contributed by atoms with Gasteiger partial charge in [0.05, 0.1) is 0 Å². The first-order valence-electron chi connectivity index (χ1n) is 5.64. The summed E-state index contributed by atoms with van der Waals surface area (Å²) in [5, 5.41) is 18.6. The van der Waals surface area contributed by atoms with E-state index in [4.69, 9.17) is 10.9 Å². The number of carbonyl (C=O) groups excluding carboxylic acids is 1. The van der Waals surface area contributed by atoms with Gasteiger partial charge in [-0.05, 0) is 31.3 Å². The van der Waals surface area contributed by atoms with E-state index in [1.54, 1.807) is 31.2 Å². The molecule has 0 aliphatic rings. The van der Waals surface area contributed by atoms with Crippen molar-refractivity contribution in [3.05, 3.63) is 29.8 Å². The lowest BCUT2D eigenvalue weighted by atomic mass is 10.1. The summed E-state index contributed by atoms with van der Waals surface area (Å²) in [6.45, 7) is 3.01. The molecular formula is C12H15N5O2S. The summed E-state index contributed by atoms with van der Waals surface area (Å²) in [6, 6.07) is 6.86. The van der Waals surface area contributed by atoms with E-state index in [1.807, 2.05) is 0 Å². The first-order valence-corrected chi connectivity index (χ1v) is 6.05. The molecule has 106 valence electrons. The fourth-order valence-corrected chi connectivity index (χ4v) is 1.47. The fraction of sp³-hybridized carbons (Fsp3) is 0.167. The van der Waals surface area contributed by atoms with Crippen LogP contribution in [0, 0.1) is 0 Å². The van der Waals surface area contributed by atoms with E-state index in [-0.39, 0.29) is 11.0 Å². The average molecular weight is 293 g/mol. The molecule has 0 fully saturated rings. The Labute approximate surface area is 121 Å². The molecule has 1 aromatic carbocycles. The molecule has 0 radical (unpaired) electrons. The number of benzene rings is 1. The highest BCUT2D eigenvalue weighted by Gasteiger charge is 2.09. The second kappa shape index (κ2) is 7.19. The Balaban J connectivity index is 3.06. The minimum Gasteiger partial charge on any atom is -0.411 e. The second-order valence-corrected chi connectivity index (χ2v) is 4.32. The van der Waals surface area contributed by atoms with Gasteiger partial charge < -0.3 is 16.3 Å².